The quantitative estimate of drug-likeness (QED) is 0.813. The fraction of sp³-hybridized carbons (Fsp3) is 0.500. The fourth-order valence-electron chi connectivity index (χ4n) is 1.63. The minimum absolute atomic E-state index is 0.0316. The minimum atomic E-state index is -0.0316. The molecule has 100 valence electrons. The third-order valence-electron chi connectivity index (χ3n) is 2.62. The SMILES string of the molecule is CCc1cc(NC(=O)CNC(C)C)ccc1OC. The van der Waals surface area contributed by atoms with E-state index < -0.39 is 0 Å². The molecule has 0 aliphatic heterocycles. The van der Waals surface area contributed by atoms with Crippen molar-refractivity contribution in [3.05, 3.63) is 23.8 Å². The van der Waals surface area contributed by atoms with Crippen molar-refractivity contribution >= 4 is 11.6 Å². The predicted octanol–water partition coefficient (Wildman–Crippen LogP) is 2.19. The number of anilines is 1. The molecule has 1 aromatic carbocycles. The van der Waals surface area contributed by atoms with E-state index in [4.69, 9.17) is 4.74 Å². The molecule has 0 aromatic heterocycles. The smallest absolute Gasteiger partial charge is 0.238 e. The van der Waals surface area contributed by atoms with E-state index in [2.05, 4.69) is 17.6 Å². The summed E-state index contributed by atoms with van der Waals surface area (Å²) < 4.78 is 5.25. The van der Waals surface area contributed by atoms with E-state index in [1.165, 1.54) is 0 Å². The highest BCUT2D eigenvalue weighted by Gasteiger charge is 2.06. The van der Waals surface area contributed by atoms with Gasteiger partial charge < -0.3 is 15.4 Å². The molecule has 0 radical (unpaired) electrons. The summed E-state index contributed by atoms with van der Waals surface area (Å²) >= 11 is 0. The molecule has 0 aliphatic carbocycles. The normalized spacial score (nSPS) is 10.5. The van der Waals surface area contributed by atoms with Crippen LogP contribution in [-0.2, 0) is 11.2 Å². The van der Waals surface area contributed by atoms with Crippen molar-refractivity contribution in [3.8, 4) is 5.75 Å². The summed E-state index contributed by atoms with van der Waals surface area (Å²) in [5.74, 6) is 0.826. The Bertz CT molecular complexity index is 403. The molecule has 4 nitrogen and oxygen atoms in total. The molecule has 1 amide bonds. The van der Waals surface area contributed by atoms with Gasteiger partial charge in [0.25, 0.3) is 0 Å². The monoisotopic (exact) mass is 250 g/mol. The van der Waals surface area contributed by atoms with Crippen molar-refractivity contribution < 1.29 is 9.53 Å². The van der Waals surface area contributed by atoms with Gasteiger partial charge in [-0.25, -0.2) is 0 Å². The molecule has 0 fully saturated rings. The van der Waals surface area contributed by atoms with E-state index in [1.807, 2.05) is 32.0 Å². The Morgan fingerprint density at radius 3 is 2.67 bits per heavy atom. The molecule has 0 saturated carbocycles. The molecular formula is C14H22N2O2. The number of rotatable bonds is 6. The molecular weight excluding hydrogens is 228 g/mol. The highest BCUT2D eigenvalue weighted by atomic mass is 16.5. The number of hydrogen-bond acceptors (Lipinski definition) is 3. The van der Waals surface area contributed by atoms with Crippen LogP contribution in [-0.4, -0.2) is 25.6 Å². The molecule has 0 saturated heterocycles. The van der Waals surface area contributed by atoms with Gasteiger partial charge in [0.15, 0.2) is 0 Å². The van der Waals surface area contributed by atoms with Gasteiger partial charge in [0, 0.05) is 11.7 Å². The van der Waals surface area contributed by atoms with Gasteiger partial charge in [0.05, 0.1) is 13.7 Å². The first-order chi connectivity index (χ1) is 8.56. The van der Waals surface area contributed by atoms with Gasteiger partial charge in [0.1, 0.15) is 5.75 Å². The first-order valence-corrected chi connectivity index (χ1v) is 6.27. The van der Waals surface area contributed by atoms with Crippen LogP contribution in [0.1, 0.15) is 26.3 Å². The van der Waals surface area contributed by atoms with Crippen molar-refractivity contribution in [2.75, 3.05) is 19.0 Å². The average molecular weight is 250 g/mol. The Kier molecular flexibility index (Phi) is 5.65. The Hall–Kier alpha value is -1.55. The number of carbonyl (C=O) groups excluding carboxylic acids is 1. The molecule has 0 aliphatic rings. The van der Waals surface area contributed by atoms with Crippen LogP contribution >= 0.6 is 0 Å². The Morgan fingerprint density at radius 1 is 1.39 bits per heavy atom. The lowest BCUT2D eigenvalue weighted by Gasteiger charge is -2.11. The number of carbonyl (C=O) groups is 1. The number of methoxy groups -OCH3 is 1. The standard InChI is InChI=1S/C14H22N2O2/c1-5-11-8-12(6-7-13(11)18-4)16-14(17)9-15-10(2)3/h6-8,10,15H,5,9H2,1-4H3,(H,16,17). The summed E-state index contributed by atoms with van der Waals surface area (Å²) in [5, 5.41) is 5.95. The molecule has 4 heteroatoms. The molecule has 18 heavy (non-hydrogen) atoms. The first kappa shape index (κ1) is 14.5. The van der Waals surface area contributed by atoms with Crippen LogP contribution in [0, 0.1) is 0 Å². The maximum Gasteiger partial charge on any atom is 0.238 e. The zero-order valence-electron chi connectivity index (χ0n) is 11.5. The molecule has 0 unspecified atom stereocenters. The summed E-state index contributed by atoms with van der Waals surface area (Å²) in [6.45, 7) is 6.40. The maximum atomic E-state index is 11.7. The van der Waals surface area contributed by atoms with Crippen LogP contribution in [0.15, 0.2) is 18.2 Å². The summed E-state index contributed by atoms with van der Waals surface area (Å²) in [4.78, 5) is 11.7. The van der Waals surface area contributed by atoms with Crippen LogP contribution in [0.5, 0.6) is 5.75 Å². The number of benzene rings is 1. The van der Waals surface area contributed by atoms with Crippen LogP contribution in [0.3, 0.4) is 0 Å². The van der Waals surface area contributed by atoms with Crippen molar-refractivity contribution in [2.24, 2.45) is 0 Å². The van der Waals surface area contributed by atoms with E-state index in [1.54, 1.807) is 7.11 Å². The second kappa shape index (κ2) is 7.01. The summed E-state index contributed by atoms with van der Waals surface area (Å²) in [6.07, 6.45) is 0.872. The second-order valence-electron chi connectivity index (χ2n) is 4.46. The lowest BCUT2D eigenvalue weighted by Crippen LogP contribution is -2.32. The third-order valence-corrected chi connectivity index (χ3v) is 2.62. The lowest BCUT2D eigenvalue weighted by molar-refractivity contribution is -0.115. The highest BCUT2D eigenvalue weighted by molar-refractivity contribution is 5.92. The van der Waals surface area contributed by atoms with Gasteiger partial charge >= 0.3 is 0 Å². The minimum Gasteiger partial charge on any atom is -0.496 e. The zero-order chi connectivity index (χ0) is 13.5. The largest absolute Gasteiger partial charge is 0.496 e. The zero-order valence-corrected chi connectivity index (χ0v) is 11.5. The molecule has 0 atom stereocenters. The fourth-order valence-corrected chi connectivity index (χ4v) is 1.63. The van der Waals surface area contributed by atoms with Gasteiger partial charge in [-0.3, -0.25) is 4.79 Å². The maximum absolute atomic E-state index is 11.7. The van der Waals surface area contributed by atoms with Gasteiger partial charge in [0.2, 0.25) is 5.91 Å². The molecule has 0 bridgehead atoms. The van der Waals surface area contributed by atoms with Gasteiger partial charge in [-0.15, -0.1) is 0 Å². The molecule has 2 N–H and O–H groups in total. The molecule has 1 aromatic rings. The predicted molar refractivity (Wildman–Crippen MR) is 74.1 cm³/mol. The van der Waals surface area contributed by atoms with Crippen molar-refractivity contribution in [2.45, 2.75) is 33.2 Å². The third kappa shape index (κ3) is 4.37. The van der Waals surface area contributed by atoms with E-state index in [0.717, 1.165) is 23.4 Å². The topological polar surface area (TPSA) is 50.4 Å². The number of ether oxygens (including phenoxy) is 1. The number of nitrogens with one attached hydrogen (secondary N) is 2. The second-order valence-corrected chi connectivity index (χ2v) is 4.46. The summed E-state index contributed by atoms with van der Waals surface area (Å²) in [6, 6.07) is 5.99. The van der Waals surface area contributed by atoms with E-state index in [-0.39, 0.29) is 5.91 Å². The van der Waals surface area contributed by atoms with Crippen LogP contribution in [0.4, 0.5) is 5.69 Å². The Morgan fingerprint density at radius 2 is 2.11 bits per heavy atom. The summed E-state index contributed by atoms with van der Waals surface area (Å²) in [7, 11) is 1.65. The summed E-state index contributed by atoms with van der Waals surface area (Å²) in [5.41, 5.74) is 1.90. The van der Waals surface area contributed by atoms with Gasteiger partial charge in [-0.2, -0.15) is 0 Å². The number of amides is 1. The molecule has 0 spiro atoms. The number of aryl methyl sites for hydroxylation is 1. The van der Waals surface area contributed by atoms with Crippen LogP contribution in [0.25, 0.3) is 0 Å². The Balaban J connectivity index is 2.64. The molecule has 1 rings (SSSR count). The van der Waals surface area contributed by atoms with Crippen molar-refractivity contribution in [1.82, 2.24) is 5.32 Å². The highest BCUT2D eigenvalue weighted by Crippen LogP contribution is 2.22. The number of hydrogen-bond donors (Lipinski definition) is 2. The van der Waals surface area contributed by atoms with Crippen LogP contribution in [0.2, 0.25) is 0 Å². The van der Waals surface area contributed by atoms with E-state index >= 15 is 0 Å². The molecule has 0 heterocycles. The van der Waals surface area contributed by atoms with Gasteiger partial charge in [-0.1, -0.05) is 20.8 Å². The first-order valence-electron chi connectivity index (χ1n) is 6.27. The van der Waals surface area contributed by atoms with E-state index in [0.29, 0.717) is 12.6 Å². The van der Waals surface area contributed by atoms with Crippen molar-refractivity contribution in [3.63, 3.8) is 0 Å². The van der Waals surface area contributed by atoms with Crippen LogP contribution < -0.4 is 15.4 Å². The van der Waals surface area contributed by atoms with E-state index in [9.17, 15) is 4.79 Å². The Labute approximate surface area is 109 Å². The van der Waals surface area contributed by atoms with Gasteiger partial charge in [-0.05, 0) is 30.2 Å². The van der Waals surface area contributed by atoms with Crippen molar-refractivity contribution in [1.29, 1.82) is 0 Å². The average Bonchev–Trinajstić information content (AvgIpc) is 2.36. The lowest BCUT2D eigenvalue weighted by atomic mass is 10.1.